The molecule has 0 atom stereocenters. The molecule has 0 radical (unpaired) electrons. The van der Waals surface area contributed by atoms with Crippen LogP contribution < -0.4 is 4.90 Å². The molecule has 0 N–H and O–H groups in total. The molecule has 1 nitrogen and oxygen atoms in total. The third-order valence-corrected chi connectivity index (χ3v) is 5.70. The van der Waals surface area contributed by atoms with Crippen molar-refractivity contribution in [1.29, 1.82) is 0 Å². The molecule has 2 heteroatoms. The van der Waals surface area contributed by atoms with Gasteiger partial charge in [-0.05, 0) is 70.7 Å². The lowest BCUT2D eigenvalue weighted by Gasteiger charge is -2.26. The van der Waals surface area contributed by atoms with Crippen LogP contribution in [-0.4, -0.2) is 0 Å². The first-order valence-corrected chi connectivity index (χ1v) is 11.0. The summed E-state index contributed by atoms with van der Waals surface area (Å²) >= 11 is 3.53. The number of nitrogens with zero attached hydrogens (tertiary/aromatic N) is 1. The molecule has 0 aromatic heterocycles. The summed E-state index contributed by atoms with van der Waals surface area (Å²) in [5, 5.41) is 0. The molecule has 5 aromatic rings. The molecule has 5 aromatic carbocycles. The third-order valence-electron chi connectivity index (χ3n) is 5.21. The van der Waals surface area contributed by atoms with Crippen molar-refractivity contribution in [3.8, 4) is 22.3 Å². The zero-order valence-electron chi connectivity index (χ0n) is 22.1. The van der Waals surface area contributed by atoms with Crippen LogP contribution in [0, 0.1) is 0 Å². The molecular weight excluding hydrogens is 454 g/mol. The smallest absolute Gasteiger partial charge is 0.0645 e. The monoisotopic (exact) mass is 480 g/mol. The second-order valence-corrected chi connectivity index (χ2v) is 8.20. The summed E-state index contributed by atoms with van der Waals surface area (Å²) in [7, 11) is 0. The Balaban J connectivity index is 1.71. The highest BCUT2D eigenvalue weighted by Crippen LogP contribution is 2.37. The Morgan fingerprint density at radius 3 is 1.84 bits per heavy atom. The lowest BCUT2D eigenvalue weighted by molar-refractivity contribution is 1.28. The molecule has 154 valence electrons. The number of hydrogen-bond donors (Lipinski definition) is 0. The maximum Gasteiger partial charge on any atom is 0.0645 e. The van der Waals surface area contributed by atoms with Crippen molar-refractivity contribution in [3.05, 3.63) is 138 Å². The number of para-hydroxylation sites is 1. The van der Waals surface area contributed by atoms with Gasteiger partial charge < -0.3 is 4.90 Å². The average Bonchev–Trinajstić information content (AvgIpc) is 2.94. The van der Waals surface area contributed by atoms with Gasteiger partial charge in [0.15, 0.2) is 0 Å². The standard InChI is InChI=1S/C30H22BrN/c31-27-13-7-11-25(21-27)26-12-8-16-30(22-26)32(28-14-5-2-6-15-28)29-19-17-24(18-20-29)23-9-3-1-4-10-23/h1-22H/i2D,5D,6D,14D,15D. The van der Waals surface area contributed by atoms with Gasteiger partial charge in [0, 0.05) is 21.5 Å². The Morgan fingerprint density at radius 2 is 1.12 bits per heavy atom. The number of benzene rings is 5. The summed E-state index contributed by atoms with van der Waals surface area (Å²) < 4.78 is 42.9. The fourth-order valence-electron chi connectivity index (χ4n) is 3.69. The molecule has 0 heterocycles. The fourth-order valence-corrected chi connectivity index (χ4v) is 4.09. The fraction of sp³-hybridized carbons (Fsp3) is 0. The largest absolute Gasteiger partial charge is 0.310 e. The van der Waals surface area contributed by atoms with E-state index in [0.717, 1.165) is 26.7 Å². The van der Waals surface area contributed by atoms with E-state index in [2.05, 4.69) is 15.9 Å². The van der Waals surface area contributed by atoms with Crippen molar-refractivity contribution in [3.63, 3.8) is 0 Å². The number of rotatable bonds is 5. The summed E-state index contributed by atoms with van der Waals surface area (Å²) in [5.74, 6) is 0. The zero-order chi connectivity index (χ0) is 26.1. The Bertz CT molecular complexity index is 1560. The minimum absolute atomic E-state index is 0.102. The Labute approximate surface area is 204 Å². The summed E-state index contributed by atoms with van der Waals surface area (Å²) in [5.41, 5.74) is 5.50. The highest BCUT2D eigenvalue weighted by molar-refractivity contribution is 9.10. The van der Waals surface area contributed by atoms with Crippen molar-refractivity contribution >= 4 is 33.0 Å². The van der Waals surface area contributed by atoms with Crippen LogP contribution in [0.1, 0.15) is 6.85 Å². The Hall–Kier alpha value is -3.62. The first-order chi connectivity index (χ1) is 17.8. The van der Waals surface area contributed by atoms with Gasteiger partial charge in [0.05, 0.1) is 6.85 Å². The molecule has 0 bridgehead atoms. The van der Waals surface area contributed by atoms with Gasteiger partial charge >= 0.3 is 0 Å². The highest BCUT2D eigenvalue weighted by atomic mass is 79.9. The van der Waals surface area contributed by atoms with Gasteiger partial charge in [-0.3, -0.25) is 0 Å². The molecule has 0 saturated carbocycles. The van der Waals surface area contributed by atoms with Crippen molar-refractivity contribution in [2.24, 2.45) is 0 Å². The molecule has 0 aliphatic carbocycles. The van der Waals surface area contributed by atoms with Gasteiger partial charge in [-0.25, -0.2) is 0 Å². The second-order valence-electron chi connectivity index (χ2n) is 7.28. The minimum Gasteiger partial charge on any atom is -0.310 e. The first-order valence-electron chi connectivity index (χ1n) is 12.7. The summed E-state index contributed by atoms with van der Waals surface area (Å²) in [4.78, 5) is 1.73. The molecule has 32 heavy (non-hydrogen) atoms. The lowest BCUT2D eigenvalue weighted by Crippen LogP contribution is -2.09. The normalized spacial score (nSPS) is 12.8. The Kier molecular flexibility index (Phi) is 4.40. The molecule has 0 aliphatic rings. The van der Waals surface area contributed by atoms with Crippen molar-refractivity contribution in [2.75, 3.05) is 4.90 Å². The number of anilines is 3. The van der Waals surface area contributed by atoms with Crippen LogP contribution in [-0.2, 0) is 0 Å². The van der Waals surface area contributed by atoms with Crippen LogP contribution in [0.5, 0.6) is 0 Å². The molecule has 0 unspecified atom stereocenters. The van der Waals surface area contributed by atoms with E-state index in [0.29, 0.717) is 11.4 Å². The van der Waals surface area contributed by atoms with Crippen molar-refractivity contribution in [2.45, 2.75) is 0 Å². The van der Waals surface area contributed by atoms with Gasteiger partial charge in [-0.15, -0.1) is 0 Å². The molecule has 0 spiro atoms. The molecule has 0 saturated heterocycles. The van der Waals surface area contributed by atoms with E-state index < -0.39 is 6.04 Å². The lowest BCUT2D eigenvalue weighted by atomic mass is 10.0. The van der Waals surface area contributed by atoms with E-state index >= 15 is 0 Å². The van der Waals surface area contributed by atoms with Crippen LogP contribution in [0.2, 0.25) is 0 Å². The predicted octanol–water partition coefficient (Wildman–Crippen LogP) is 9.25. The number of hydrogen-bond acceptors (Lipinski definition) is 1. The summed E-state index contributed by atoms with van der Waals surface area (Å²) in [6, 6.07) is 31.8. The summed E-state index contributed by atoms with van der Waals surface area (Å²) in [6.07, 6.45) is 0. The maximum absolute atomic E-state index is 8.67. The summed E-state index contributed by atoms with van der Waals surface area (Å²) in [6.45, 7) is 0. The molecule has 0 aliphatic heterocycles. The van der Waals surface area contributed by atoms with E-state index in [4.69, 9.17) is 6.85 Å². The van der Waals surface area contributed by atoms with Crippen LogP contribution in [0.25, 0.3) is 22.3 Å². The molecular formula is C30H22BrN. The van der Waals surface area contributed by atoms with E-state index in [-0.39, 0.29) is 29.9 Å². The molecule has 0 fully saturated rings. The van der Waals surface area contributed by atoms with Gasteiger partial charge in [0.1, 0.15) is 0 Å². The maximum atomic E-state index is 8.67. The van der Waals surface area contributed by atoms with Gasteiger partial charge in [-0.2, -0.15) is 0 Å². The third kappa shape index (κ3) is 4.37. The number of halogens is 1. The topological polar surface area (TPSA) is 3.24 Å². The van der Waals surface area contributed by atoms with Crippen molar-refractivity contribution in [1.82, 2.24) is 0 Å². The predicted molar refractivity (Wildman–Crippen MR) is 140 cm³/mol. The van der Waals surface area contributed by atoms with E-state index in [1.165, 1.54) is 0 Å². The average molecular weight is 481 g/mol. The SMILES string of the molecule is [2H]c1c([2H])c([2H])c(N(c2ccc(-c3ccccc3)cc2)c2cccc(-c3cccc(Br)c3)c2)c([2H])c1[2H]. The van der Waals surface area contributed by atoms with Crippen LogP contribution in [0.3, 0.4) is 0 Å². The van der Waals surface area contributed by atoms with Gasteiger partial charge in [-0.1, -0.05) is 101 Å². The van der Waals surface area contributed by atoms with Crippen LogP contribution in [0.4, 0.5) is 17.1 Å². The van der Waals surface area contributed by atoms with Crippen LogP contribution >= 0.6 is 15.9 Å². The first kappa shape index (κ1) is 15.2. The van der Waals surface area contributed by atoms with E-state index in [1.807, 2.05) is 103 Å². The van der Waals surface area contributed by atoms with E-state index in [9.17, 15) is 0 Å². The Morgan fingerprint density at radius 1 is 0.500 bits per heavy atom. The van der Waals surface area contributed by atoms with Gasteiger partial charge in [0.25, 0.3) is 0 Å². The molecule has 5 rings (SSSR count). The molecule has 0 amide bonds. The zero-order valence-corrected chi connectivity index (χ0v) is 18.7. The van der Waals surface area contributed by atoms with Crippen LogP contribution in [0.15, 0.2) is 138 Å². The van der Waals surface area contributed by atoms with Crippen molar-refractivity contribution < 1.29 is 6.85 Å². The quantitative estimate of drug-likeness (QED) is 0.242. The second kappa shape index (κ2) is 9.25. The highest BCUT2D eigenvalue weighted by Gasteiger charge is 2.13. The van der Waals surface area contributed by atoms with E-state index in [1.54, 1.807) is 4.90 Å². The van der Waals surface area contributed by atoms with Gasteiger partial charge in [0.2, 0.25) is 0 Å². The minimum atomic E-state index is -0.416.